The van der Waals surface area contributed by atoms with E-state index in [1.807, 2.05) is 24.3 Å². The van der Waals surface area contributed by atoms with Gasteiger partial charge in [-0.25, -0.2) is 19.7 Å². The number of hydrogen-bond donors (Lipinski definition) is 1. The molecule has 0 bridgehead atoms. The number of aromatic nitrogens is 2. The van der Waals surface area contributed by atoms with E-state index in [1.54, 1.807) is 18.2 Å². The number of carbonyl (C=O) groups is 1. The molecule has 25 heavy (non-hydrogen) atoms. The number of urea groups is 1. The van der Waals surface area contributed by atoms with Crippen LogP contribution in [-0.2, 0) is 0 Å². The van der Waals surface area contributed by atoms with E-state index in [1.165, 1.54) is 29.1 Å². The van der Waals surface area contributed by atoms with Crippen LogP contribution in [0.25, 0.3) is 0 Å². The monoisotopic (exact) mass is 388 g/mol. The Labute approximate surface area is 158 Å². The van der Waals surface area contributed by atoms with Crippen LogP contribution in [0.3, 0.4) is 0 Å². The van der Waals surface area contributed by atoms with E-state index >= 15 is 0 Å². The standard InChI is InChI=1S/C17H10Cl2N4OS/c18-10-5-6-15(20-8-10)22-17(24)23-12-3-1-2-4-13(12)25-14-7-11(19)9-21-16(14)23/h1-9H,(H,20,22,24). The molecule has 3 heterocycles. The van der Waals surface area contributed by atoms with Crippen LogP contribution in [0.2, 0.25) is 10.0 Å². The molecule has 124 valence electrons. The summed E-state index contributed by atoms with van der Waals surface area (Å²) in [5, 5.41) is 3.79. The van der Waals surface area contributed by atoms with Gasteiger partial charge in [-0.05, 0) is 30.3 Å². The summed E-state index contributed by atoms with van der Waals surface area (Å²) in [4.78, 5) is 24.6. The molecule has 1 aromatic carbocycles. The van der Waals surface area contributed by atoms with Crippen molar-refractivity contribution in [2.75, 3.05) is 10.2 Å². The van der Waals surface area contributed by atoms with Crippen LogP contribution in [0.4, 0.5) is 22.1 Å². The largest absolute Gasteiger partial charge is 0.333 e. The van der Waals surface area contributed by atoms with Crippen molar-refractivity contribution in [1.82, 2.24) is 9.97 Å². The summed E-state index contributed by atoms with van der Waals surface area (Å²) in [7, 11) is 0. The Hall–Kier alpha value is -2.28. The maximum Gasteiger partial charge on any atom is 0.333 e. The summed E-state index contributed by atoms with van der Waals surface area (Å²) < 4.78 is 0. The average Bonchev–Trinajstić information content (AvgIpc) is 2.61. The van der Waals surface area contributed by atoms with Gasteiger partial charge in [0, 0.05) is 17.3 Å². The van der Waals surface area contributed by atoms with Crippen LogP contribution in [-0.4, -0.2) is 16.0 Å². The van der Waals surface area contributed by atoms with Gasteiger partial charge in [0.15, 0.2) is 5.82 Å². The van der Waals surface area contributed by atoms with Crippen LogP contribution in [0.15, 0.2) is 64.6 Å². The smallest absolute Gasteiger partial charge is 0.292 e. The fourth-order valence-corrected chi connectivity index (χ4v) is 3.84. The van der Waals surface area contributed by atoms with Crippen LogP contribution < -0.4 is 10.2 Å². The predicted octanol–water partition coefficient (Wildman–Crippen LogP) is 5.62. The first-order chi connectivity index (χ1) is 12.1. The van der Waals surface area contributed by atoms with Crippen molar-refractivity contribution in [3.8, 4) is 0 Å². The molecule has 0 aliphatic carbocycles. The number of rotatable bonds is 1. The number of hydrogen-bond acceptors (Lipinski definition) is 4. The van der Waals surface area contributed by atoms with E-state index in [0.717, 1.165) is 15.5 Å². The zero-order chi connectivity index (χ0) is 17.4. The molecule has 0 atom stereocenters. The Kier molecular flexibility index (Phi) is 4.25. The van der Waals surface area contributed by atoms with Gasteiger partial charge in [0.2, 0.25) is 0 Å². The van der Waals surface area contributed by atoms with E-state index < -0.39 is 0 Å². The lowest BCUT2D eigenvalue weighted by Gasteiger charge is -2.29. The van der Waals surface area contributed by atoms with Gasteiger partial charge in [-0.15, -0.1) is 0 Å². The molecule has 1 aliphatic rings. The number of amides is 2. The number of pyridine rings is 2. The second-order valence-corrected chi connectivity index (χ2v) is 7.13. The Morgan fingerprint density at radius 1 is 1.00 bits per heavy atom. The molecule has 4 rings (SSSR count). The Morgan fingerprint density at radius 3 is 2.60 bits per heavy atom. The molecule has 0 saturated carbocycles. The van der Waals surface area contributed by atoms with E-state index in [9.17, 15) is 4.79 Å². The molecule has 3 aromatic rings. The predicted molar refractivity (Wildman–Crippen MR) is 100 cm³/mol. The molecule has 0 fully saturated rings. The minimum absolute atomic E-state index is 0.362. The number of nitrogens with one attached hydrogen (secondary N) is 1. The van der Waals surface area contributed by atoms with Crippen LogP contribution in [0, 0.1) is 0 Å². The van der Waals surface area contributed by atoms with Gasteiger partial charge in [0.05, 0.1) is 20.6 Å². The number of carbonyl (C=O) groups excluding carboxylic acids is 1. The lowest BCUT2D eigenvalue weighted by Crippen LogP contribution is -2.33. The van der Waals surface area contributed by atoms with Gasteiger partial charge >= 0.3 is 6.03 Å². The van der Waals surface area contributed by atoms with Crippen LogP contribution >= 0.6 is 35.0 Å². The molecule has 0 saturated heterocycles. The zero-order valence-corrected chi connectivity index (χ0v) is 14.9. The number of benzene rings is 1. The fraction of sp³-hybridized carbons (Fsp3) is 0. The Morgan fingerprint density at radius 2 is 1.80 bits per heavy atom. The minimum Gasteiger partial charge on any atom is -0.292 e. The Bertz CT molecular complexity index is 965. The second-order valence-electron chi connectivity index (χ2n) is 5.17. The van der Waals surface area contributed by atoms with E-state index in [4.69, 9.17) is 23.2 Å². The Balaban J connectivity index is 1.75. The highest BCUT2D eigenvalue weighted by molar-refractivity contribution is 7.99. The highest BCUT2D eigenvalue weighted by Gasteiger charge is 2.29. The van der Waals surface area contributed by atoms with Crippen molar-refractivity contribution in [2.45, 2.75) is 9.79 Å². The third kappa shape index (κ3) is 3.16. The van der Waals surface area contributed by atoms with Gasteiger partial charge in [0.25, 0.3) is 0 Å². The number of halogens is 2. The number of nitrogens with zero attached hydrogens (tertiary/aromatic N) is 3. The highest BCUT2D eigenvalue weighted by atomic mass is 35.5. The number of anilines is 3. The first-order valence-electron chi connectivity index (χ1n) is 7.27. The van der Waals surface area contributed by atoms with Crippen molar-refractivity contribution in [1.29, 1.82) is 0 Å². The summed E-state index contributed by atoms with van der Waals surface area (Å²) >= 11 is 13.4. The topological polar surface area (TPSA) is 58.1 Å². The third-order valence-electron chi connectivity index (χ3n) is 3.50. The third-order valence-corrected chi connectivity index (χ3v) is 5.02. The van der Waals surface area contributed by atoms with Gasteiger partial charge in [-0.2, -0.15) is 0 Å². The van der Waals surface area contributed by atoms with Gasteiger partial charge in [0.1, 0.15) is 5.82 Å². The molecule has 1 aliphatic heterocycles. The van der Waals surface area contributed by atoms with Gasteiger partial charge in [-0.1, -0.05) is 47.1 Å². The van der Waals surface area contributed by atoms with Crippen LogP contribution in [0.1, 0.15) is 0 Å². The minimum atomic E-state index is -0.362. The molecule has 0 unspecified atom stereocenters. The van der Waals surface area contributed by atoms with Gasteiger partial charge in [-0.3, -0.25) is 5.32 Å². The fourth-order valence-electron chi connectivity index (χ4n) is 2.44. The van der Waals surface area contributed by atoms with Crippen molar-refractivity contribution in [2.24, 2.45) is 0 Å². The first kappa shape index (κ1) is 16.2. The lowest BCUT2D eigenvalue weighted by atomic mass is 10.2. The lowest BCUT2D eigenvalue weighted by molar-refractivity contribution is 0.258. The van der Waals surface area contributed by atoms with Crippen molar-refractivity contribution in [3.05, 3.63) is 64.9 Å². The highest BCUT2D eigenvalue weighted by Crippen LogP contribution is 2.47. The maximum absolute atomic E-state index is 12.9. The summed E-state index contributed by atoms with van der Waals surface area (Å²) in [5.41, 5.74) is 0.751. The number of para-hydroxylation sites is 1. The molecule has 1 N–H and O–H groups in total. The second kappa shape index (κ2) is 6.55. The van der Waals surface area contributed by atoms with E-state index in [0.29, 0.717) is 21.7 Å². The van der Waals surface area contributed by atoms with E-state index in [-0.39, 0.29) is 6.03 Å². The summed E-state index contributed by atoms with van der Waals surface area (Å²) in [6.45, 7) is 0. The molecule has 2 aromatic heterocycles. The van der Waals surface area contributed by atoms with Gasteiger partial charge < -0.3 is 0 Å². The normalized spacial score (nSPS) is 12.3. The van der Waals surface area contributed by atoms with E-state index in [2.05, 4.69) is 15.3 Å². The first-order valence-corrected chi connectivity index (χ1v) is 8.84. The summed E-state index contributed by atoms with van der Waals surface area (Å²) in [5.74, 6) is 0.931. The van der Waals surface area contributed by atoms with Crippen molar-refractivity contribution >= 4 is 58.3 Å². The molecule has 8 heteroatoms. The van der Waals surface area contributed by atoms with Crippen LogP contribution in [0.5, 0.6) is 0 Å². The molecular weight excluding hydrogens is 379 g/mol. The zero-order valence-electron chi connectivity index (χ0n) is 12.6. The molecule has 0 radical (unpaired) electrons. The SMILES string of the molecule is O=C(Nc1ccc(Cl)cn1)N1c2ccccc2Sc2cc(Cl)cnc21. The van der Waals surface area contributed by atoms with Crippen molar-refractivity contribution in [3.63, 3.8) is 0 Å². The summed E-state index contributed by atoms with van der Waals surface area (Å²) in [6, 6.07) is 12.4. The molecule has 2 amide bonds. The molecule has 0 spiro atoms. The molecular formula is C17H10Cl2N4OS. The quantitative estimate of drug-likeness (QED) is 0.587. The average molecular weight is 389 g/mol. The van der Waals surface area contributed by atoms with Crippen molar-refractivity contribution < 1.29 is 4.79 Å². The maximum atomic E-state index is 12.9. The molecule has 5 nitrogen and oxygen atoms in total. The summed E-state index contributed by atoms with van der Waals surface area (Å²) in [6.07, 6.45) is 3.00. The number of fused-ring (bicyclic) bond motifs is 2.